The van der Waals surface area contributed by atoms with Crippen molar-refractivity contribution in [2.75, 3.05) is 18.1 Å². The highest BCUT2D eigenvalue weighted by atomic mass is 35.5. The van der Waals surface area contributed by atoms with Gasteiger partial charge in [0.25, 0.3) is 0 Å². The zero-order valence-electron chi connectivity index (χ0n) is 15.7. The number of halogens is 3. The van der Waals surface area contributed by atoms with Crippen molar-refractivity contribution < 1.29 is 4.39 Å². The summed E-state index contributed by atoms with van der Waals surface area (Å²) in [5, 5.41) is 9.86. The molecular formula is C21H21Cl2FN4S. The normalized spacial score (nSPS) is 19.9. The van der Waals surface area contributed by atoms with Crippen LogP contribution in [0.15, 0.2) is 47.6 Å². The van der Waals surface area contributed by atoms with Crippen molar-refractivity contribution in [3.8, 4) is 0 Å². The van der Waals surface area contributed by atoms with Gasteiger partial charge in [-0.2, -0.15) is 5.10 Å². The van der Waals surface area contributed by atoms with Gasteiger partial charge in [0.1, 0.15) is 10.8 Å². The second kappa shape index (κ2) is 8.96. The summed E-state index contributed by atoms with van der Waals surface area (Å²) in [7, 11) is 0. The van der Waals surface area contributed by atoms with Crippen LogP contribution in [0.1, 0.15) is 37.3 Å². The minimum atomic E-state index is -0.272. The zero-order valence-corrected chi connectivity index (χ0v) is 18.1. The summed E-state index contributed by atoms with van der Waals surface area (Å²) in [6, 6.07) is 11.6. The topological polar surface area (TPSA) is 30.9 Å². The molecule has 0 spiro atoms. The number of nitrogens with zero attached hydrogens (tertiary/aromatic N) is 3. The first-order valence-electron chi connectivity index (χ1n) is 9.64. The van der Waals surface area contributed by atoms with Crippen molar-refractivity contribution in [2.45, 2.75) is 31.7 Å². The monoisotopic (exact) mass is 450 g/mol. The molecule has 1 fully saturated rings. The summed E-state index contributed by atoms with van der Waals surface area (Å²) in [6.07, 6.45) is 4.17. The average Bonchev–Trinajstić information content (AvgIpc) is 3.14. The van der Waals surface area contributed by atoms with E-state index in [1.165, 1.54) is 18.6 Å². The maximum Gasteiger partial charge on any atom is 0.137 e. The Morgan fingerprint density at radius 2 is 1.79 bits per heavy atom. The molecule has 2 heterocycles. The first kappa shape index (κ1) is 20.5. The summed E-state index contributed by atoms with van der Waals surface area (Å²) in [5.41, 5.74) is 5.79. The quantitative estimate of drug-likeness (QED) is 0.599. The Morgan fingerprint density at radius 3 is 2.48 bits per heavy atom. The molecule has 1 atom stereocenters. The molecule has 2 aromatic rings. The lowest BCUT2D eigenvalue weighted by atomic mass is 10.0. The lowest BCUT2D eigenvalue weighted by molar-refractivity contribution is 0.197. The van der Waals surface area contributed by atoms with E-state index in [9.17, 15) is 4.39 Å². The molecule has 4 nitrogen and oxygen atoms in total. The molecule has 1 unspecified atom stereocenters. The van der Waals surface area contributed by atoms with Crippen LogP contribution in [-0.2, 0) is 0 Å². The van der Waals surface area contributed by atoms with E-state index >= 15 is 0 Å². The Kier molecular flexibility index (Phi) is 6.35. The predicted molar refractivity (Wildman–Crippen MR) is 121 cm³/mol. The van der Waals surface area contributed by atoms with E-state index in [1.54, 1.807) is 24.3 Å². The van der Waals surface area contributed by atoms with Crippen molar-refractivity contribution >= 4 is 51.8 Å². The maximum atomic E-state index is 13.5. The molecule has 0 bridgehead atoms. The molecule has 0 saturated carbocycles. The third-order valence-electron chi connectivity index (χ3n) is 5.20. The van der Waals surface area contributed by atoms with Gasteiger partial charge in [0.2, 0.25) is 0 Å². The van der Waals surface area contributed by atoms with Gasteiger partial charge in [-0.25, -0.2) is 9.40 Å². The lowest BCUT2D eigenvalue weighted by Crippen LogP contribution is -2.46. The Morgan fingerprint density at radius 1 is 1.07 bits per heavy atom. The van der Waals surface area contributed by atoms with E-state index < -0.39 is 0 Å². The Balaban J connectivity index is 1.62. The third-order valence-corrected chi connectivity index (χ3v) is 6.06. The van der Waals surface area contributed by atoms with Crippen LogP contribution in [0.4, 0.5) is 10.1 Å². The summed E-state index contributed by atoms with van der Waals surface area (Å²) in [6.45, 7) is 1.95. The van der Waals surface area contributed by atoms with Gasteiger partial charge in [-0.05, 0) is 48.7 Å². The van der Waals surface area contributed by atoms with Gasteiger partial charge in [0.15, 0.2) is 0 Å². The SMILES string of the molecule is Fc1ccc(C2CC(C(=S)NN3CCCCC3)=NN2c2ccc(Cl)cc2Cl)cc1. The van der Waals surface area contributed by atoms with Crippen molar-refractivity contribution in [3.05, 3.63) is 63.9 Å². The number of rotatable bonds is 4. The highest BCUT2D eigenvalue weighted by molar-refractivity contribution is 7.82. The van der Waals surface area contributed by atoms with Crippen molar-refractivity contribution in [2.24, 2.45) is 5.10 Å². The molecule has 0 amide bonds. The number of hydrogen-bond donors (Lipinski definition) is 1. The van der Waals surface area contributed by atoms with E-state index in [-0.39, 0.29) is 11.9 Å². The number of nitrogens with one attached hydrogen (secondary N) is 1. The number of anilines is 1. The molecule has 0 aliphatic carbocycles. The van der Waals surface area contributed by atoms with Gasteiger partial charge in [-0.15, -0.1) is 0 Å². The van der Waals surface area contributed by atoms with Crippen molar-refractivity contribution in [3.63, 3.8) is 0 Å². The summed E-state index contributed by atoms with van der Waals surface area (Å²) in [5.74, 6) is -0.272. The van der Waals surface area contributed by atoms with Crippen molar-refractivity contribution in [1.82, 2.24) is 10.4 Å². The highest BCUT2D eigenvalue weighted by Gasteiger charge is 2.32. The highest BCUT2D eigenvalue weighted by Crippen LogP contribution is 2.39. The van der Waals surface area contributed by atoms with Crippen LogP contribution in [-0.4, -0.2) is 28.8 Å². The van der Waals surface area contributed by atoms with Gasteiger partial charge in [0, 0.05) is 24.5 Å². The Labute approximate surface area is 185 Å². The molecule has 29 heavy (non-hydrogen) atoms. The average molecular weight is 451 g/mol. The predicted octanol–water partition coefficient (Wildman–Crippen LogP) is 5.76. The van der Waals surface area contributed by atoms with E-state index in [0.717, 1.165) is 42.9 Å². The molecule has 152 valence electrons. The molecule has 2 aliphatic heterocycles. The molecule has 0 radical (unpaired) electrons. The van der Waals surface area contributed by atoms with E-state index in [4.69, 9.17) is 40.5 Å². The first-order chi connectivity index (χ1) is 14.0. The summed E-state index contributed by atoms with van der Waals surface area (Å²) in [4.78, 5) is 0.617. The van der Waals surface area contributed by atoms with Crippen LogP contribution in [0.3, 0.4) is 0 Å². The first-order valence-corrected chi connectivity index (χ1v) is 10.8. The lowest BCUT2D eigenvalue weighted by Gasteiger charge is -2.27. The number of benzene rings is 2. The fraction of sp³-hybridized carbons (Fsp3) is 0.333. The minimum Gasteiger partial charge on any atom is -0.308 e. The molecule has 2 aliphatic rings. The van der Waals surface area contributed by atoms with Gasteiger partial charge in [-0.3, -0.25) is 5.01 Å². The molecule has 8 heteroatoms. The van der Waals surface area contributed by atoms with Crippen LogP contribution >= 0.6 is 35.4 Å². The Hall–Kier alpha value is -1.73. The van der Waals surface area contributed by atoms with Crippen molar-refractivity contribution in [1.29, 1.82) is 0 Å². The standard InChI is InChI=1S/C21H21Cl2FN4S/c22-15-6-9-19(17(23)12-15)28-20(14-4-7-16(24)8-5-14)13-18(25-28)21(29)26-27-10-2-1-3-11-27/h4-9,12,20H,1-3,10-11,13H2,(H,26,29). The van der Waals surface area contributed by atoms with Gasteiger partial charge in [0.05, 0.1) is 22.5 Å². The summed E-state index contributed by atoms with van der Waals surface area (Å²) < 4.78 is 13.5. The van der Waals surface area contributed by atoms with Crippen LogP contribution in [0.2, 0.25) is 10.0 Å². The smallest absolute Gasteiger partial charge is 0.137 e. The molecule has 0 aromatic heterocycles. The fourth-order valence-electron chi connectivity index (χ4n) is 3.69. The van der Waals surface area contributed by atoms with E-state index in [0.29, 0.717) is 21.5 Å². The van der Waals surface area contributed by atoms with Crippen LogP contribution < -0.4 is 10.4 Å². The van der Waals surface area contributed by atoms with Gasteiger partial charge < -0.3 is 5.43 Å². The maximum absolute atomic E-state index is 13.5. The summed E-state index contributed by atoms with van der Waals surface area (Å²) >= 11 is 18.2. The number of hydrazine groups is 1. The van der Waals surface area contributed by atoms with Gasteiger partial charge >= 0.3 is 0 Å². The molecule has 1 saturated heterocycles. The van der Waals surface area contributed by atoms with E-state index in [1.807, 2.05) is 11.1 Å². The number of hydrazone groups is 1. The number of thiocarbonyl (C=S) groups is 1. The molecule has 4 rings (SSSR count). The zero-order chi connectivity index (χ0) is 20.4. The van der Waals surface area contributed by atoms with Gasteiger partial charge in [-0.1, -0.05) is 54.0 Å². The van der Waals surface area contributed by atoms with Crippen LogP contribution in [0, 0.1) is 5.82 Å². The van der Waals surface area contributed by atoms with Crippen LogP contribution in [0.5, 0.6) is 0 Å². The fourth-order valence-corrected chi connectivity index (χ4v) is 4.44. The second-order valence-electron chi connectivity index (χ2n) is 7.25. The molecular weight excluding hydrogens is 430 g/mol. The molecule has 2 aromatic carbocycles. The second-order valence-corrected chi connectivity index (χ2v) is 8.50. The number of piperidine rings is 1. The Bertz CT molecular complexity index is 929. The largest absolute Gasteiger partial charge is 0.308 e. The van der Waals surface area contributed by atoms with E-state index in [2.05, 4.69) is 10.4 Å². The molecule has 1 N–H and O–H groups in total. The third kappa shape index (κ3) is 4.72. The van der Waals surface area contributed by atoms with Crippen LogP contribution in [0.25, 0.3) is 0 Å². The number of hydrogen-bond acceptors (Lipinski definition) is 4. The minimum absolute atomic E-state index is 0.134.